The summed E-state index contributed by atoms with van der Waals surface area (Å²) in [6, 6.07) is 3.60. The van der Waals surface area contributed by atoms with Crippen molar-refractivity contribution in [3.05, 3.63) is 40.0 Å². The predicted octanol–water partition coefficient (Wildman–Crippen LogP) is 2.12. The molecule has 3 rings (SSSR count). The molecule has 0 radical (unpaired) electrons. The van der Waals surface area contributed by atoms with Crippen LogP contribution in [0.25, 0.3) is 10.9 Å². The first-order chi connectivity index (χ1) is 12.5. The molecule has 7 nitrogen and oxygen atoms in total. The van der Waals surface area contributed by atoms with Gasteiger partial charge in [0.25, 0.3) is 0 Å². The molecule has 10 heteroatoms. The molecule has 0 saturated heterocycles. The molecular formula is C16H17BBrClN4O3. The first kappa shape index (κ1) is 19.1. The molecule has 136 valence electrons. The standard InChI is InChI=1S/C16H17BBrClN4O3/c1-23-12-9-20-14(19)7-10(12)6-13(23)17(24)26-5-3-4-15-21-8-11(18)16(22-15)25-2/h6-9,24H,3-5H2,1-2H3. The fourth-order valence-corrected chi connectivity index (χ4v) is 3.14. The van der Waals surface area contributed by atoms with Crippen molar-refractivity contribution in [3.63, 3.8) is 0 Å². The van der Waals surface area contributed by atoms with Crippen LogP contribution < -0.4 is 10.3 Å². The molecule has 0 aliphatic rings. The van der Waals surface area contributed by atoms with Gasteiger partial charge in [0, 0.05) is 37.3 Å². The Morgan fingerprint density at radius 3 is 2.88 bits per heavy atom. The number of hydrogen-bond acceptors (Lipinski definition) is 6. The second kappa shape index (κ2) is 8.34. The van der Waals surface area contributed by atoms with Gasteiger partial charge >= 0.3 is 7.12 Å². The van der Waals surface area contributed by atoms with Crippen LogP contribution in [0.2, 0.25) is 5.15 Å². The molecule has 26 heavy (non-hydrogen) atoms. The lowest BCUT2D eigenvalue weighted by Crippen LogP contribution is -2.38. The topological polar surface area (TPSA) is 82.3 Å². The second-order valence-electron chi connectivity index (χ2n) is 5.66. The van der Waals surface area contributed by atoms with Crippen molar-refractivity contribution in [1.29, 1.82) is 0 Å². The maximum Gasteiger partial charge on any atom is 0.508 e. The van der Waals surface area contributed by atoms with E-state index in [0.29, 0.717) is 46.4 Å². The first-order valence-electron chi connectivity index (χ1n) is 7.95. The molecule has 0 atom stereocenters. The van der Waals surface area contributed by atoms with Crippen LogP contribution in [0.15, 0.2) is 29.0 Å². The number of hydrogen-bond donors (Lipinski definition) is 1. The third-order valence-corrected chi connectivity index (χ3v) is 4.71. The SMILES string of the molecule is COc1nc(CCCOB(O)c2cc3cc(Cl)ncc3n2C)ncc1Br. The van der Waals surface area contributed by atoms with Crippen LogP contribution in [-0.2, 0) is 18.1 Å². The van der Waals surface area contributed by atoms with E-state index in [1.54, 1.807) is 25.6 Å². The number of ether oxygens (including phenoxy) is 1. The summed E-state index contributed by atoms with van der Waals surface area (Å²) in [5.74, 6) is 1.16. The minimum atomic E-state index is -1.04. The summed E-state index contributed by atoms with van der Waals surface area (Å²) in [6.45, 7) is 0.365. The summed E-state index contributed by atoms with van der Waals surface area (Å²) in [5.41, 5.74) is 1.52. The van der Waals surface area contributed by atoms with Crippen LogP contribution in [0.1, 0.15) is 12.2 Å². The number of halogens is 2. The zero-order valence-electron chi connectivity index (χ0n) is 14.3. The van der Waals surface area contributed by atoms with Crippen LogP contribution in [-0.4, -0.2) is 45.4 Å². The molecular weight excluding hydrogens is 422 g/mol. The van der Waals surface area contributed by atoms with E-state index >= 15 is 0 Å². The fourth-order valence-electron chi connectivity index (χ4n) is 2.63. The number of nitrogens with zero attached hydrogens (tertiary/aromatic N) is 4. The van der Waals surface area contributed by atoms with E-state index in [4.69, 9.17) is 21.0 Å². The van der Waals surface area contributed by atoms with Crippen molar-refractivity contribution in [2.75, 3.05) is 13.7 Å². The molecule has 0 bridgehead atoms. The number of aryl methyl sites for hydroxylation is 2. The Balaban J connectivity index is 1.57. The van der Waals surface area contributed by atoms with Crippen LogP contribution in [0.3, 0.4) is 0 Å². The van der Waals surface area contributed by atoms with E-state index in [1.165, 1.54) is 0 Å². The van der Waals surface area contributed by atoms with Gasteiger partial charge in [-0.2, -0.15) is 4.98 Å². The van der Waals surface area contributed by atoms with E-state index in [0.717, 1.165) is 10.9 Å². The highest BCUT2D eigenvalue weighted by atomic mass is 79.9. The molecule has 0 spiro atoms. The zero-order valence-corrected chi connectivity index (χ0v) is 16.7. The number of aromatic nitrogens is 4. The zero-order chi connectivity index (χ0) is 18.7. The molecule has 3 aromatic rings. The summed E-state index contributed by atoms with van der Waals surface area (Å²) in [4.78, 5) is 12.6. The van der Waals surface area contributed by atoms with Crippen molar-refractivity contribution < 1.29 is 14.4 Å². The molecule has 3 aromatic heterocycles. The normalized spacial score (nSPS) is 11.1. The molecule has 0 unspecified atom stereocenters. The monoisotopic (exact) mass is 438 g/mol. The van der Waals surface area contributed by atoms with E-state index in [2.05, 4.69) is 30.9 Å². The quantitative estimate of drug-likeness (QED) is 0.345. The number of methoxy groups -OCH3 is 1. The molecule has 0 amide bonds. The molecule has 0 fully saturated rings. The van der Waals surface area contributed by atoms with Crippen LogP contribution in [0.4, 0.5) is 0 Å². The van der Waals surface area contributed by atoms with E-state index in [9.17, 15) is 5.02 Å². The van der Waals surface area contributed by atoms with Gasteiger partial charge in [-0.15, -0.1) is 0 Å². The Morgan fingerprint density at radius 2 is 2.12 bits per heavy atom. The first-order valence-corrected chi connectivity index (χ1v) is 9.12. The number of fused-ring (bicyclic) bond motifs is 1. The Hall–Kier alpha value is -1.68. The Bertz CT molecular complexity index is 924. The maximum absolute atomic E-state index is 10.3. The lowest BCUT2D eigenvalue weighted by molar-refractivity contribution is 0.263. The molecule has 0 saturated carbocycles. The second-order valence-corrected chi connectivity index (χ2v) is 6.91. The van der Waals surface area contributed by atoms with Crippen LogP contribution in [0.5, 0.6) is 5.88 Å². The highest BCUT2D eigenvalue weighted by Gasteiger charge is 2.22. The van der Waals surface area contributed by atoms with Gasteiger partial charge in [0.05, 0.1) is 23.3 Å². The van der Waals surface area contributed by atoms with Gasteiger partial charge in [0.1, 0.15) is 11.0 Å². The van der Waals surface area contributed by atoms with Crippen molar-refractivity contribution in [1.82, 2.24) is 19.5 Å². The summed E-state index contributed by atoms with van der Waals surface area (Å²) >= 11 is 9.23. The molecule has 0 aliphatic carbocycles. The summed E-state index contributed by atoms with van der Waals surface area (Å²) in [5, 5.41) is 11.6. The average molecular weight is 440 g/mol. The van der Waals surface area contributed by atoms with Crippen molar-refractivity contribution >= 4 is 51.1 Å². The van der Waals surface area contributed by atoms with Gasteiger partial charge in [0.15, 0.2) is 0 Å². The summed E-state index contributed by atoms with van der Waals surface area (Å²) < 4.78 is 13.3. The lowest BCUT2D eigenvalue weighted by Gasteiger charge is -2.10. The van der Waals surface area contributed by atoms with Crippen molar-refractivity contribution in [2.45, 2.75) is 12.8 Å². The molecule has 1 N–H and O–H groups in total. The number of pyridine rings is 1. The largest absolute Gasteiger partial charge is 0.508 e. The van der Waals surface area contributed by atoms with Gasteiger partial charge in [-0.05, 0) is 34.5 Å². The number of rotatable bonds is 7. The smallest absolute Gasteiger partial charge is 0.480 e. The Kier molecular flexibility index (Phi) is 6.13. The van der Waals surface area contributed by atoms with E-state index < -0.39 is 7.12 Å². The average Bonchev–Trinajstić information content (AvgIpc) is 2.95. The highest BCUT2D eigenvalue weighted by Crippen LogP contribution is 2.20. The van der Waals surface area contributed by atoms with Crippen LogP contribution >= 0.6 is 27.5 Å². The van der Waals surface area contributed by atoms with Crippen molar-refractivity contribution in [2.24, 2.45) is 7.05 Å². The summed E-state index contributed by atoms with van der Waals surface area (Å²) in [6.07, 6.45) is 4.61. The van der Waals surface area contributed by atoms with Crippen LogP contribution in [0, 0.1) is 0 Å². The third kappa shape index (κ3) is 4.17. The molecule has 0 aliphatic heterocycles. The summed E-state index contributed by atoms with van der Waals surface area (Å²) in [7, 11) is 2.37. The van der Waals surface area contributed by atoms with Gasteiger partial charge in [-0.3, -0.25) is 0 Å². The molecule has 3 heterocycles. The Morgan fingerprint density at radius 1 is 1.31 bits per heavy atom. The van der Waals surface area contributed by atoms with Crippen molar-refractivity contribution in [3.8, 4) is 5.88 Å². The van der Waals surface area contributed by atoms with Gasteiger partial charge in [-0.1, -0.05) is 11.6 Å². The highest BCUT2D eigenvalue weighted by molar-refractivity contribution is 9.10. The van der Waals surface area contributed by atoms with Gasteiger partial charge < -0.3 is 19.0 Å². The van der Waals surface area contributed by atoms with E-state index in [1.807, 2.05) is 17.7 Å². The molecule has 0 aromatic carbocycles. The van der Waals surface area contributed by atoms with Gasteiger partial charge in [-0.25, -0.2) is 9.97 Å². The Labute approximate surface area is 164 Å². The maximum atomic E-state index is 10.3. The fraction of sp³-hybridized carbons (Fsp3) is 0.312. The third-order valence-electron chi connectivity index (χ3n) is 3.96. The minimum Gasteiger partial charge on any atom is -0.480 e. The van der Waals surface area contributed by atoms with Gasteiger partial charge in [0.2, 0.25) is 5.88 Å². The minimum absolute atomic E-state index is 0.365. The lowest BCUT2D eigenvalue weighted by atomic mass is 9.85. The predicted molar refractivity (Wildman–Crippen MR) is 104 cm³/mol. The van der Waals surface area contributed by atoms with E-state index in [-0.39, 0.29) is 0 Å².